The highest BCUT2D eigenvalue weighted by molar-refractivity contribution is 5.60. The molecule has 1 aliphatic rings. The molecule has 19 heavy (non-hydrogen) atoms. The third-order valence-corrected chi connectivity index (χ3v) is 3.28. The Morgan fingerprint density at radius 3 is 2.74 bits per heavy atom. The standard InChI is InChI=1S/C11H18N6O2/c1-16-6-4-8(5-7-16)13-11-9(17(18)19)2-3-10(14-11)15-12/h2-3,8H,4-7,12H2,1H3,(H2,13,14,15). The first kappa shape index (κ1) is 13.5. The van der Waals surface area contributed by atoms with E-state index in [-0.39, 0.29) is 17.5 Å². The molecule has 0 unspecified atom stereocenters. The largest absolute Gasteiger partial charge is 0.361 e. The Bertz CT molecular complexity index is 458. The van der Waals surface area contributed by atoms with Crippen molar-refractivity contribution in [1.82, 2.24) is 9.88 Å². The highest BCUT2D eigenvalue weighted by Crippen LogP contribution is 2.26. The Hall–Kier alpha value is -1.93. The first-order valence-corrected chi connectivity index (χ1v) is 6.17. The van der Waals surface area contributed by atoms with Gasteiger partial charge in [-0.1, -0.05) is 0 Å². The summed E-state index contributed by atoms with van der Waals surface area (Å²) < 4.78 is 0. The molecule has 4 N–H and O–H groups in total. The van der Waals surface area contributed by atoms with Gasteiger partial charge >= 0.3 is 5.69 Å². The summed E-state index contributed by atoms with van der Waals surface area (Å²) in [6.07, 6.45) is 1.88. The van der Waals surface area contributed by atoms with Gasteiger partial charge in [0.05, 0.1) is 4.92 Å². The monoisotopic (exact) mass is 266 g/mol. The number of piperidine rings is 1. The average Bonchev–Trinajstić information content (AvgIpc) is 2.41. The lowest BCUT2D eigenvalue weighted by Crippen LogP contribution is -2.37. The Balaban J connectivity index is 2.15. The molecule has 1 aromatic rings. The topological polar surface area (TPSA) is 109 Å². The van der Waals surface area contributed by atoms with Crippen LogP contribution in [0.4, 0.5) is 17.3 Å². The summed E-state index contributed by atoms with van der Waals surface area (Å²) in [6.45, 7) is 1.95. The molecule has 0 saturated carbocycles. The molecular formula is C11H18N6O2. The van der Waals surface area contributed by atoms with Gasteiger partial charge in [-0.3, -0.25) is 10.1 Å². The number of anilines is 2. The van der Waals surface area contributed by atoms with Gasteiger partial charge < -0.3 is 15.6 Å². The van der Waals surface area contributed by atoms with Crippen LogP contribution in [-0.2, 0) is 0 Å². The van der Waals surface area contributed by atoms with Gasteiger partial charge in [0.1, 0.15) is 5.82 Å². The molecule has 0 aromatic carbocycles. The van der Waals surface area contributed by atoms with Crippen LogP contribution in [-0.4, -0.2) is 41.0 Å². The molecule has 1 saturated heterocycles. The highest BCUT2D eigenvalue weighted by atomic mass is 16.6. The minimum atomic E-state index is -0.440. The molecule has 1 aromatic heterocycles. The van der Waals surface area contributed by atoms with Crippen LogP contribution >= 0.6 is 0 Å². The van der Waals surface area contributed by atoms with Crippen LogP contribution in [0.1, 0.15) is 12.8 Å². The van der Waals surface area contributed by atoms with Crippen molar-refractivity contribution < 1.29 is 4.92 Å². The molecule has 0 bridgehead atoms. The zero-order valence-corrected chi connectivity index (χ0v) is 10.8. The fourth-order valence-corrected chi connectivity index (χ4v) is 2.13. The van der Waals surface area contributed by atoms with Gasteiger partial charge in [-0.25, -0.2) is 10.8 Å². The molecule has 104 valence electrons. The Kier molecular flexibility index (Phi) is 4.13. The molecule has 1 aliphatic heterocycles. The molecule has 0 spiro atoms. The van der Waals surface area contributed by atoms with Crippen molar-refractivity contribution in [2.45, 2.75) is 18.9 Å². The van der Waals surface area contributed by atoms with Crippen molar-refractivity contribution in [3.63, 3.8) is 0 Å². The molecule has 1 fully saturated rings. The third kappa shape index (κ3) is 3.30. The number of hydrogen-bond donors (Lipinski definition) is 3. The number of rotatable bonds is 4. The molecule has 2 heterocycles. The van der Waals surface area contributed by atoms with Crippen molar-refractivity contribution in [1.29, 1.82) is 0 Å². The van der Waals surface area contributed by atoms with Crippen molar-refractivity contribution >= 4 is 17.3 Å². The van der Waals surface area contributed by atoms with E-state index in [2.05, 4.69) is 27.7 Å². The van der Waals surface area contributed by atoms with Gasteiger partial charge in [0.25, 0.3) is 0 Å². The second-order valence-electron chi connectivity index (χ2n) is 4.69. The van der Waals surface area contributed by atoms with Gasteiger partial charge in [-0.05, 0) is 39.0 Å². The minimum absolute atomic E-state index is 0.0297. The minimum Gasteiger partial charge on any atom is -0.361 e. The second-order valence-corrected chi connectivity index (χ2v) is 4.69. The molecule has 8 nitrogen and oxygen atoms in total. The van der Waals surface area contributed by atoms with Crippen LogP contribution < -0.4 is 16.6 Å². The van der Waals surface area contributed by atoms with Gasteiger partial charge in [0.15, 0.2) is 0 Å². The predicted molar refractivity (Wildman–Crippen MR) is 72.8 cm³/mol. The number of nitrogens with two attached hydrogens (primary N) is 1. The summed E-state index contributed by atoms with van der Waals surface area (Å²) in [5, 5.41) is 14.1. The van der Waals surface area contributed by atoms with E-state index in [1.807, 2.05) is 0 Å². The predicted octanol–water partition coefficient (Wildman–Crippen LogP) is 0.781. The van der Waals surface area contributed by atoms with Gasteiger partial charge in [-0.15, -0.1) is 0 Å². The normalized spacial score (nSPS) is 17.2. The lowest BCUT2D eigenvalue weighted by atomic mass is 10.1. The summed E-state index contributed by atoms with van der Waals surface area (Å²) in [5.41, 5.74) is 2.37. The molecule has 0 radical (unpaired) electrons. The van der Waals surface area contributed by atoms with Crippen LogP contribution in [0.2, 0.25) is 0 Å². The number of hydrazine groups is 1. The third-order valence-electron chi connectivity index (χ3n) is 3.28. The van der Waals surface area contributed by atoms with Gasteiger partial charge in [0.2, 0.25) is 5.82 Å². The lowest BCUT2D eigenvalue weighted by molar-refractivity contribution is -0.384. The van der Waals surface area contributed by atoms with E-state index in [1.165, 1.54) is 12.1 Å². The van der Waals surface area contributed by atoms with E-state index in [0.29, 0.717) is 5.82 Å². The van der Waals surface area contributed by atoms with Crippen molar-refractivity contribution in [3.05, 3.63) is 22.2 Å². The van der Waals surface area contributed by atoms with E-state index in [1.54, 1.807) is 0 Å². The number of aromatic nitrogens is 1. The Labute approximate surface area is 111 Å². The number of pyridine rings is 1. The summed E-state index contributed by atoms with van der Waals surface area (Å²) >= 11 is 0. The van der Waals surface area contributed by atoms with Gasteiger partial charge in [0, 0.05) is 12.1 Å². The van der Waals surface area contributed by atoms with Crippen LogP contribution in [0.25, 0.3) is 0 Å². The molecule has 8 heteroatoms. The first-order valence-electron chi connectivity index (χ1n) is 6.17. The van der Waals surface area contributed by atoms with E-state index in [9.17, 15) is 10.1 Å². The van der Waals surface area contributed by atoms with Crippen molar-refractivity contribution in [3.8, 4) is 0 Å². The maximum Gasteiger partial charge on any atom is 0.311 e. The number of likely N-dealkylation sites (tertiary alicyclic amines) is 1. The van der Waals surface area contributed by atoms with E-state index >= 15 is 0 Å². The fraction of sp³-hybridized carbons (Fsp3) is 0.545. The average molecular weight is 266 g/mol. The molecular weight excluding hydrogens is 248 g/mol. The van der Waals surface area contributed by atoms with Crippen LogP contribution in [0.5, 0.6) is 0 Å². The SMILES string of the molecule is CN1CCC(Nc2nc(NN)ccc2[N+](=O)[O-])CC1. The zero-order chi connectivity index (χ0) is 13.8. The summed E-state index contributed by atoms with van der Waals surface area (Å²) in [7, 11) is 2.07. The summed E-state index contributed by atoms with van der Waals surface area (Å²) in [6, 6.07) is 3.09. The maximum absolute atomic E-state index is 11.0. The summed E-state index contributed by atoms with van der Waals surface area (Å²) in [4.78, 5) is 16.9. The number of nitrogens with zero attached hydrogens (tertiary/aromatic N) is 3. The summed E-state index contributed by atoms with van der Waals surface area (Å²) in [5.74, 6) is 5.96. The smallest absolute Gasteiger partial charge is 0.311 e. The van der Waals surface area contributed by atoms with E-state index < -0.39 is 4.92 Å². The second kappa shape index (κ2) is 5.81. The van der Waals surface area contributed by atoms with Gasteiger partial charge in [-0.2, -0.15) is 0 Å². The van der Waals surface area contributed by atoms with Crippen LogP contribution in [0.3, 0.4) is 0 Å². The first-order chi connectivity index (χ1) is 9.10. The number of hydrogen-bond acceptors (Lipinski definition) is 7. The number of nitrogens with one attached hydrogen (secondary N) is 2. The highest BCUT2D eigenvalue weighted by Gasteiger charge is 2.22. The Morgan fingerprint density at radius 1 is 1.47 bits per heavy atom. The molecule has 0 aliphatic carbocycles. The molecule has 0 amide bonds. The quantitative estimate of drug-likeness (QED) is 0.419. The lowest BCUT2D eigenvalue weighted by Gasteiger charge is -2.29. The van der Waals surface area contributed by atoms with Crippen LogP contribution in [0, 0.1) is 10.1 Å². The zero-order valence-electron chi connectivity index (χ0n) is 10.8. The van der Waals surface area contributed by atoms with Crippen LogP contribution in [0.15, 0.2) is 12.1 Å². The fourth-order valence-electron chi connectivity index (χ4n) is 2.13. The molecule has 0 atom stereocenters. The number of nitrogen functional groups attached to an aromatic ring is 1. The van der Waals surface area contributed by atoms with Crippen molar-refractivity contribution in [2.75, 3.05) is 30.9 Å². The Morgan fingerprint density at radius 2 is 2.16 bits per heavy atom. The van der Waals surface area contributed by atoms with E-state index in [0.717, 1.165) is 25.9 Å². The maximum atomic E-state index is 11.0. The van der Waals surface area contributed by atoms with Crippen molar-refractivity contribution in [2.24, 2.45) is 5.84 Å². The molecule has 2 rings (SSSR count). The van der Waals surface area contributed by atoms with E-state index in [4.69, 9.17) is 5.84 Å². The number of nitro groups is 1.